The summed E-state index contributed by atoms with van der Waals surface area (Å²) in [5.41, 5.74) is 0.968. The number of unbranched alkanes of at least 4 members (excludes halogenated alkanes) is 4. The Hall–Kier alpha value is -1.37. The van der Waals surface area contributed by atoms with Gasteiger partial charge in [0.25, 0.3) is 0 Å². The highest BCUT2D eigenvalue weighted by atomic mass is 32.2. The SMILES string of the molecule is Cc1cc(CCCCCCCSc2nnnn2C)on1. The van der Waals surface area contributed by atoms with Crippen LogP contribution in [0.4, 0.5) is 0 Å². The number of thioether (sulfide) groups is 1. The number of aromatic nitrogens is 5. The Kier molecular flexibility index (Phi) is 6.04. The van der Waals surface area contributed by atoms with Crippen LogP contribution < -0.4 is 0 Å². The van der Waals surface area contributed by atoms with Crippen LogP contribution in [0.5, 0.6) is 0 Å². The molecule has 0 amide bonds. The third kappa shape index (κ3) is 4.96. The number of rotatable bonds is 9. The largest absolute Gasteiger partial charge is 0.361 e. The highest BCUT2D eigenvalue weighted by molar-refractivity contribution is 7.99. The van der Waals surface area contributed by atoms with Gasteiger partial charge in [0.15, 0.2) is 0 Å². The first-order valence-corrected chi connectivity index (χ1v) is 8.01. The number of hydrogen-bond acceptors (Lipinski definition) is 6. The van der Waals surface area contributed by atoms with E-state index in [1.54, 1.807) is 16.4 Å². The standard InChI is InChI=1S/C13H21N5OS/c1-11-10-12(19-15-11)8-6-4-3-5-7-9-20-13-14-16-17-18(13)2/h10H,3-9H2,1-2H3. The van der Waals surface area contributed by atoms with Crippen LogP contribution in [-0.4, -0.2) is 31.1 Å². The summed E-state index contributed by atoms with van der Waals surface area (Å²) in [6.45, 7) is 1.96. The zero-order chi connectivity index (χ0) is 14.2. The van der Waals surface area contributed by atoms with Gasteiger partial charge in [-0.25, -0.2) is 4.68 Å². The Balaban J connectivity index is 1.45. The van der Waals surface area contributed by atoms with Crippen molar-refractivity contribution in [3.8, 4) is 0 Å². The normalized spacial score (nSPS) is 11.1. The molecular weight excluding hydrogens is 274 g/mol. The average Bonchev–Trinajstić information content (AvgIpc) is 3.02. The summed E-state index contributed by atoms with van der Waals surface area (Å²) in [6.07, 6.45) is 7.16. The van der Waals surface area contributed by atoms with Gasteiger partial charge in [-0.1, -0.05) is 36.2 Å². The van der Waals surface area contributed by atoms with E-state index in [0.717, 1.165) is 28.8 Å². The van der Waals surface area contributed by atoms with Crippen LogP contribution >= 0.6 is 11.8 Å². The number of aryl methyl sites for hydroxylation is 3. The molecule has 110 valence electrons. The van der Waals surface area contributed by atoms with Crippen molar-refractivity contribution < 1.29 is 4.52 Å². The summed E-state index contributed by atoms with van der Waals surface area (Å²) in [4.78, 5) is 0. The number of tetrazole rings is 1. The first-order valence-electron chi connectivity index (χ1n) is 7.03. The Morgan fingerprint density at radius 2 is 2.00 bits per heavy atom. The molecule has 0 atom stereocenters. The van der Waals surface area contributed by atoms with Gasteiger partial charge in [0.1, 0.15) is 5.76 Å². The van der Waals surface area contributed by atoms with E-state index in [-0.39, 0.29) is 0 Å². The predicted octanol–water partition coefficient (Wildman–Crippen LogP) is 2.79. The van der Waals surface area contributed by atoms with Crippen molar-refractivity contribution in [2.75, 3.05) is 5.75 Å². The second-order valence-electron chi connectivity index (χ2n) is 4.89. The number of nitrogens with zero attached hydrogens (tertiary/aromatic N) is 5. The zero-order valence-corrected chi connectivity index (χ0v) is 12.9. The van der Waals surface area contributed by atoms with Crippen molar-refractivity contribution in [3.63, 3.8) is 0 Å². The molecule has 0 aliphatic carbocycles. The lowest BCUT2D eigenvalue weighted by atomic mass is 10.1. The predicted molar refractivity (Wildman–Crippen MR) is 77.6 cm³/mol. The molecule has 0 aliphatic rings. The highest BCUT2D eigenvalue weighted by Crippen LogP contribution is 2.16. The van der Waals surface area contributed by atoms with E-state index in [4.69, 9.17) is 4.52 Å². The van der Waals surface area contributed by atoms with Gasteiger partial charge >= 0.3 is 0 Å². The van der Waals surface area contributed by atoms with E-state index in [0.29, 0.717) is 0 Å². The lowest BCUT2D eigenvalue weighted by Gasteiger charge is -2.00. The van der Waals surface area contributed by atoms with Crippen LogP contribution in [0.15, 0.2) is 15.7 Å². The van der Waals surface area contributed by atoms with E-state index >= 15 is 0 Å². The van der Waals surface area contributed by atoms with Gasteiger partial charge in [-0.2, -0.15) is 0 Å². The molecule has 0 unspecified atom stereocenters. The van der Waals surface area contributed by atoms with Crippen LogP contribution in [0.25, 0.3) is 0 Å². The van der Waals surface area contributed by atoms with Crippen molar-refractivity contribution in [3.05, 3.63) is 17.5 Å². The van der Waals surface area contributed by atoms with Crippen LogP contribution in [0.2, 0.25) is 0 Å². The van der Waals surface area contributed by atoms with Gasteiger partial charge in [0, 0.05) is 25.3 Å². The van der Waals surface area contributed by atoms with Gasteiger partial charge in [-0.05, 0) is 30.2 Å². The molecule has 2 aromatic rings. The van der Waals surface area contributed by atoms with E-state index in [1.165, 1.54) is 32.1 Å². The summed E-state index contributed by atoms with van der Waals surface area (Å²) in [5.74, 6) is 2.09. The number of hydrogen-bond donors (Lipinski definition) is 0. The third-order valence-electron chi connectivity index (χ3n) is 3.06. The summed E-state index contributed by atoms with van der Waals surface area (Å²) in [5, 5.41) is 16.2. The average molecular weight is 295 g/mol. The summed E-state index contributed by atoms with van der Waals surface area (Å²) in [6, 6.07) is 2.02. The van der Waals surface area contributed by atoms with Crippen LogP contribution in [0, 0.1) is 6.92 Å². The Labute approximate surface area is 123 Å². The molecule has 6 nitrogen and oxygen atoms in total. The van der Waals surface area contributed by atoms with Crippen molar-refractivity contribution in [1.82, 2.24) is 25.4 Å². The molecule has 2 aromatic heterocycles. The Morgan fingerprint density at radius 3 is 2.70 bits per heavy atom. The summed E-state index contributed by atoms with van der Waals surface area (Å²) < 4.78 is 6.90. The van der Waals surface area contributed by atoms with Crippen molar-refractivity contribution in [2.45, 2.75) is 50.6 Å². The van der Waals surface area contributed by atoms with Gasteiger partial charge in [0.05, 0.1) is 5.69 Å². The van der Waals surface area contributed by atoms with Gasteiger partial charge in [-0.3, -0.25) is 0 Å². The smallest absolute Gasteiger partial charge is 0.209 e. The van der Waals surface area contributed by atoms with Gasteiger partial charge in [-0.15, -0.1) is 5.10 Å². The fourth-order valence-corrected chi connectivity index (χ4v) is 2.82. The molecule has 0 bridgehead atoms. The molecule has 0 aliphatic heterocycles. The minimum absolute atomic E-state index is 0.894. The van der Waals surface area contributed by atoms with E-state index in [2.05, 4.69) is 20.7 Å². The fourth-order valence-electron chi connectivity index (χ4n) is 1.97. The van der Waals surface area contributed by atoms with Crippen molar-refractivity contribution in [2.24, 2.45) is 7.05 Å². The molecule has 2 rings (SSSR count). The molecule has 2 heterocycles. The lowest BCUT2D eigenvalue weighted by molar-refractivity contribution is 0.375. The first-order chi connectivity index (χ1) is 9.75. The quantitative estimate of drug-likeness (QED) is 0.523. The lowest BCUT2D eigenvalue weighted by Crippen LogP contribution is -1.93. The molecule has 0 saturated carbocycles. The molecule has 0 spiro atoms. The van der Waals surface area contributed by atoms with Gasteiger partial charge < -0.3 is 4.52 Å². The van der Waals surface area contributed by atoms with Crippen molar-refractivity contribution in [1.29, 1.82) is 0 Å². The molecule has 7 heteroatoms. The van der Waals surface area contributed by atoms with Crippen molar-refractivity contribution >= 4 is 11.8 Å². The maximum absolute atomic E-state index is 5.19. The minimum Gasteiger partial charge on any atom is -0.361 e. The Morgan fingerprint density at radius 1 is 1.20 bits per heavy atom. The second kappa shape index (κ2) is 8.04. The first kappa shape index (κ1) is 15.0. The molecule has 0 N–H and O–H groups in total. The van der Waals surface area contributed by atoms with Crippen LogP contribution in [0.3, 0.4) is 0 Å². The maximum atomic E-state index is 5.19. The van der Waals surface area contributed by atoms with Crippen LogP contribution in [-0.2, 0) is 13.5 Å². The molecule has 0 aromatic carbocycles. The van der Waals surface area contributed by atoms with Crippen LogP contribution in [0.1, 0.15) is 43.6 Å². The molecule has 0 radical (unpaired) electrons. The minimum atomic E-state index is 0.894. The zero-order valence-electron chi connectivity index (χ0n) is 12.1. The van der Waals surface area contributed by atoms with E-state index < -0.39 is 0 Å². The maximum Gasteiger partial charge on any atom is 0.209 e. The molecular formula is C13H21N5OS. The third-order valence-corrected chi connectivity index (χ3v) is 4.15. The molecule has 0 saturated heterocycles. The topological polar surface area (TPSA) is 69.6 Å². The van der Waals surface area contributed by atoms with Gasteiger partial charge in [0.2, 0.25) is 5.16 Å². The Bertz CT molecular complexity index is 510. The van der Waals surface area contributed by atoms with E-state index in [9.17, 15) is 0 Å². The molecule has 0 fully saturated rings. The fraction of sp³-hybridized carbons (Fsp3) is 0.692. The highest BCUT2D eigenvalue weighted by Gasteiger charge is 2.02. The summed E-state index contributed by atoms with van der Waals surface area (Å²) in [7, 11) is 1.87. The summed E-state index contributed by atoms with van der Waals surface area (Å²) >= 11 is 1.72. The van der Waals surface area contributed by atoms with E-state index in [1.807, 2.05) is 20.0 Å². The molecule has 20 heavy (non-hydrogen) atoms. The monoisotopic (exact) mass is 295 g/mol. The second-order valence-corrected chi connectivity index (χ2v) is 5.95.